The standard InChI is InChI=1S/C15H14FNO3/c1-20-14(19)12-8-15(9-17,7-6-13(12)18)10-2-4-11(16)5-3-10/h2-5,12H,6-8H2,1H3. The minimum Gasteiger partial charge on any atom is -0.468 e. The van der Waals surface area contributed by atoms with E-state index in [0.29, 0.717) is 12.0 Å². The van der Waals surface area contributed by atoms with Crippen LogP contribution in [0.4, 0.5) is 4.39 Å². The molecule has 2 unspecified atom stereocenters. The number of esters is 1. The van der Waals surface area contributed by atoms with E-state index in [1.807, 2.05) is 0 Å². The Balaban J connectivity index is 2.36. The molecule has 5 heteroatoms. The number of ketones is 1. The second-order valence-corrected chi connectivity index (χ2v) is 4.95. The van der Waals surface area contributed by atoms with E-state index in [4.69, 9.17) is 0 Å². The summed E-state index contributed by atoms with van der Waals surface area (Å²) in [7, 11) is 1.22. The highest BCUT2D eigenvalue weighted by molar-refractivity contribution is 6.00. The molecule has 104 valence electrons. The fourth-order valence-corrected chi connectivity index (χ4v) is 2.63. The summed E-state index contributed by atoms with van der Waals surface area (Å²) in [6.07, 6.45) is 0.562. The number of Topliss-reactive ketones (excluding diaryl/α,β-unsaturated/α-hetero) is 1. The first kappa shape index (κ1) is 14.2. The molecule has 0 N–H and O–H groups in total. The summed E-state index contributed by atoms with van der Waals surface area (Å²) >= 11 is 0. The van der Waals surface area contributed by atoms with E-state index >= 15 is 0 Å². The van der Waals surface area contributed by atoms with E-state index in [9.17, 15) is 19.2 Å². The summed E-state index contributed by atoms with van der Waals surface area (Å²) in [4.78, 5) is 23.5. The SMILES string of the molecule is COC(=O)C1CC(C#N)(c2ccc(F)cc2)CCC1=O. The molecule has 0 aromatic heterocycles. The molecule has 1 aliphatic carbocycles. The van der Waals surface area contributed by atoms with Crippen LogP contribution in [0.3, 0.4) is 0 Å². The van der Waals surface area contributed by atoms with Crippen LogP contribution >= 0.6 is 0 Å². The maximum Gasteiger partial charge on any atom is 0.316 e. The van der Waals surface area contributed by atoms with E-state index in [1.54, 1.807) is 0 Å². The molecule has 20 heavy (non-hydrogen) atoms. The van der Waals surface area contributed by atoms with Gasteiger partial charge in [0.25, 0.3) is 0 Å². The van der Waals surface area contributed by atoms with Gasteiger partial charge in [0.05, 0.1) is 18.6 Å². The van der Waals surface area contributed by atoms with Crippen molar-refractivity contribution in [3.63, 3.8) is 0 Å². The van der Waals surface area contributed by atoms with Crippen LogP contribution in [0.2, 0.25) is 0 Å². The number of carbonyl (C=O) groups is 2. The maximum atomic E-state index is 13.0. The Morgan fingerprint density at radius 1 is 1.45 bits per heavy atom. The summed E-state index contributed by atoms with van der Waals surface area (Å²) in [6, 6.07) is 7.81. The molecule has 2 atom stereocenters. The molecular weight excluding hydrogens is 261 g/mol. The first-order valence-electron chi connectivity index (χ1n) is 6.30. The number of hydrogen-bond donors (Lipinski definition) is 0. The van der Waals surface area contributed by atoms with Gasteiger partial charge >= 0.3 is 5.97 Å². The van der Waals surface area contributed by atoms with Gasteiger partial charge in [0, 0.05) is 6.42 Å². The zero-order valence-corrected chi connectivity index (χ0v) is 11.1. The normalized spacial score (nSPS) is 25.9. The minimum absolute atomic E-state index is 0.0840. The van der Waals surface area contributed by atoms with Crippen molar-refractivity contribution in [1.82, 2.24) is 0 Å². The third-order valence-corrected chi connectivity index (χ3v) is 3.84. The molecule has 1 aromatic rings. The third-order valence-electron chi connectivity index (χ3n) is 3.84. The van der Waals surface area contributed by atoms with Crippen molar-refractivity contribution in [3.8, 4) is 6.07 Å². The zero-order chi connectivity index (χ0) is 14.8. The summed E-state index contributed by atoms with van der Waals surface area (Å²) in [5, 5.41) is 9.52. The lowest BCUT2D eigenvalue weighted by Crippen LogP contribution is -2.40. The van der Waals surface area contributed by atoms with E-state index < -0.39 is 23.1 Å². The van der Waals surface area contributed by atoms with Gasteiger partial charge in [-0.3, -0.25) is 9.59 Å². The number of nitrogens with zero attached hydrogens (tertiary/aromatic N) is 1. The predicted molar refractivity (Wildman–Crippen MR) is 68.1 cm³/mol. The van der Waals surface area contributed by atoms with E-state index in [1.165, 1.54) is 31.4 Å². The smallest absolute Gasteiger partial charge is 0.316 e. The second kappa shape index (κ2) is 5.41. The minimum atomic E-state index is -0.944. The van der Waals surface area contributed by atoms with Crippen LogP contribution < -0.4 is 0 Å². The molecule has 0 bridgehead atoms. The van der Waals surface area contributed by atoms with Gasteiger partial charge in [-0.25, -0.2) is 4.39 Å². The Hall–Kier alpha value is -2.22. The number of benzene rings is 1. The van der Waals surface area contributed by atoms with Gasteiger partial charge in [-0.1, -0.05) is 12.1 Å². The largest absolute Gasteiger partial charge is 0.468 e. The number of methoxy groups -OCH3 is 1. The lowest BCUT2D eigenvalue weighted by Gasteiger charge is -2.34. The summed E-state index contributed by atoms with van der Waals surface area (Å²) in [6.45, 7) is 0. The van der Waals surface area contributed by atoms with Gasteiger partial charge in [0.15, 0.2) is 0 Å². The monoisotopic (exact) mass is 275 g/mol. The first-order chi connectivity index (χ1) is 9.52. The predicted octanol–water partition coefficient (Wildman–Crippen LogP) is 2.13. The fourth-order valence-electron chi connectivity index (χ4n) is 2.63. The van der Waals surface area contributed by atoms with Gasteiger partial charge < -0.3 is 4.74 Å². The Morgan fingerprint density at radius 2 is 2.10 bits per heavy atom. The Morgan fingerprint density at radius 3 is 2.65 bits per heavy atom. The van der Waals surface area contributed by atoms with Crippen molar-refractivity contribution in [2.24, 2.45) is 5.92 Å². The van der Waals surface area contributed by atoms with Crippen LogP contribution in [0, 0.1) is 23.1 Å². The van der Waals surface area contributed by atoms with Crippen molar-refractivity contribution in [2.75, 3.05) is 7.11 Å². The molecule has 0 amide bonds. The van der Waals surface area contributed by atoms with Crippen molar-refractivity contribution >= 4 is 11.8 Å². The van der Waals surface area contributed by atoms with Crippen molar-refractivity contribution in [2.45, 2.75) is 24.7 Å². The lowest BCUT2D eigenvalue weighted by atomic mass is 9.66. The van der Waals surface area contributed by atoms with E-state index in [0.717, 1.165) is 0 Å². The maximum absolute atomic E-state index is 13.0. The number of halogens is 1. The highest BCUT2D eigenvalue weighted by Gasteiger charge is 2.45. The van der Waals surface area contributed by atoms with Crippen LogP contribution in [-0.4, -0.2) is 18.9 Å². The highest BCUT2D eigenvalue weighted by atomic mass is 19.1. The first-order valence-corrected chi connectivity index (χ1v) is 6.30. The number of rotatable bonds is 2. The van der Waals surface area contributed by atoms with Gasteiger partial charge in [-0.05, 0) is 30.5 Å². The topological polar surface area (TPSA) is 67.2 Å². The van der Waals surface area contributed by atoms with Gasteiger partial charge in [-0.15, -0.1) is 0 Å². The van der Waals surface area contributed by atoms with E-state index in [2.05, 4.69) is 10.8 Å². The number of ether oxygens (including phenoxy) is 1. The molecule has 0 spiro atoms. The molecule has 0 heterocycles. The molecule has 1 fully saturated rings. The van der Waals surface area contributed by atoms with Crippen LogP contribution in [-0.2, 0) is 19.7 Å². The lowest BCUT2D eigenvalue weighted by molar-refractivity contribution is -0.151. The Kier molecular flexibility index (Phi) is 3.84. The molecule has 0 saturated heterocycles. The molecule has 0 aliphatic heterocycles. The molecule has 4 nitrogen and oxygen atoms in total. The van der Waals surface area contributed by atoms with E-state index in [-0.39, 0.29) is 18.6 Å². The van der Waals surface area contributed by atoms with Gasteiger partial charge in [-0.2, -0.15) is 5.26 Å². The number of hydrogen-bond acceptors (Lipinski definition) is 4. The molecule has 1 aliphatic rings. The molecule has 1 aromatic carbocycles. The van der Waals surface area contributed by atoms with Crippen molar-refractivity contribution in [3.05, 3.63) is 35.6 Å². The van der Waals surface area contributed by atoms with Crippen molar-refractivity contribution in [1.29, 1.82) is 5.26 Å². The molecular formula is C15H14FNO3. The van der Waals surface area contributed by atoms with Crippen LogP contribution in [0.15, 0.2) is 24.3 Å². The van der Waals surface area contributed by atoms with Crippen molar-refractivity contribution < 1.29 is 18.7 Å². The highest BCUT2D eigenvalue weighted by Crippen LogP contribution is 2.40. The second-order valence-electron chi connectivity index (χ2n) is 4.95. The Labute approximate surface area is 116 Å². The van der Waals surface area contributed by atoms with Gasteiger partial charge in [0.2, 0.25) is 0 Å². The zero-order valence-electron chi connectivity index (χ0n) is 11.1. The number of carbonyl (C=O) groups excluding carboxylic acids is 2. The average Bonchev–Trinajstić information content (AvgIpc) is 2.48. The molecule has 0 radical (unpaired) electrons. The third kappa shape index (κ3) is 2.42. The summed E-state index contributed by atoms with van der Waals surface area (Å²) < 4.78 is 17.6. The summed E-state index contributed by atoms with van der Waals surface area (Å²) in [5.41, 5.74) is -0.316. The fraction of sp³-hybridized carbons (Fsp3) is 0.400. The summed E-state index contributed by atoms with van der Waals surface area (Å²) in [5.74, 6) is -2.13. The molecule has 2 rings (SSSR count). The average molecular weight is 275 g/mol. The Bertz CT molecular complexity index is 568. The van der Waals surface area contributed by atoms with Crippen LogP contribution in [0.1, 0.15) is 24.8 Å². The van der Waals surface area contributed by atoms with Crippen LogP contribution in [0.25, 0.3) is 0 Å². The number of nitriles is 1. The quantitative estimate of drug-likeness (QED) is 0.612. The van der Waals surface area contributed by atoms with Gasteiger partial charge in [0.1, 0.15) is 17.5 Å². The molecule has 1 saturated carbocycles. The van der Waals surface area contributed by atoms with Crippen LogP contribution in [0.5, 0.6) is 0 Å².